The molecule has 0 unspecified atom stereocenters. The van der Waals surface area contributed by atoms with Crippen molar-refractivity contribution in [2.24, 2.45) is 5.41 Å². The molecule has 1 fully saturated rings. The average Bonchev–Trinajstić information content (AvgIpc) is 2.86. The van der Waals surface area contributed by atoms with Gasteiger partial charge >= 0.3 is 0 Å². The van der Waals surface area contributed by atoms with E-state index in [4.69, 9.17) is 0 Å². The third kappa shape index (κ3) is 3.46. The minimum atomic E-state index is -0.496. The highest BCUT2D eigenvalue weighted by molar-refractivity contribution is 5.98. The average molecular weight is 279 g/mol. The van der Waals surface area contributed by atoms with Crippen molar-refractivity contribution in [3.8, 4) is 0 Å². The number of carbonyl (C=O) groups excluding carboxylic acids is 1. The van der Waals surface area contributed by atoms with Crippen LogP contribution in [0.5, 0.6) is 0 Å². The summed E-state index contributed by atoms with van der Waals surface area (Å²) in [6.07, 6.45) is 5.82. The van der Waals surface area contributed by atoms with Crippen LogP contribution in [-0.4, -0.2) is 24.0 Å². The summed E-state index contributed by atoms with van der Waals surface area (Å²) in [7, 11) is 0. The summed E-state index contributed by atoms with van der Waals surface area (Å²) in [6.45, 7) is 5.37. The highest BCUT2D eigenvalue weighted by atomic mass is 19.1. The summed E-state index contributed by atoms with van der Waals surface area (Å²) in [4.78, 5) is 16.2. The zero-order valence-electron chi connectivity index (χ0n) is 12.1. The number of pyridine rings is 1. The summed E-state index contributed by atoms with van der Waals surface area (Å²) in [5, 5.41) is 5.90. The maximum absolute atomic E-state index is 13.3. The minimum absolute atomic E-state index is 0.175. The Morgan fingerprint density at radius 3 is 2.80 bits per heavy atom. The van der Waals surface area contributed by atoms with E-state index in [1.807, 2.05) is 6.92 Å². The molecule has 0 saturated heterocycles. The van der Waals surface area contributed by atoms with E-state index in [9.17, 15) is 9.18 Å². The fourth-order valence-electron chi connectivity index (χ4n) is 2.71. The molecule has 2 rings (SSSR count). The number of anilines is 1. The minimum Gasteiger partial charge on any atom is -0.370 e. The molecule has 1 aliphatic carbocycles. The maximum atomic E-state index is 13.3. The van der Waals surface area contributed by atoms with Gasteiger partial charge in [-0.3, -0.25) is 4.79 Å². The fraction of sp³-hybridized carbons (Fsp3) is 0.600. The van der Waals surface area contributed by atoms with E-state index in [1.54, 1.807) is 0 Å². The molecule has 0 aromatic carbocycles. The molecule has 4 nitrogen and oxygen atoms in total. The Kier molecular flexibility index (Phi) is 4.57. The van der Waals surface area contributed by atoms with Gasteiger partial charge in [-0.25, -0.2) is 9.37 Å². The summed E-state index contributed by atoms with van der Waals surface area (Å²) in [6, 6.07) is 1.23. The number of rotatable bonds is 5. The monoisotopic (exact) mass is 279 g/mol. The first-order valence-corrected chi connectivity index (χ1v) is 7.22. The van der Waals surface area contributed by atoms with Gasteiger partial charge < -0.3 is 10.6 Å². The molecule has 1 saturated carbocycles. The largest absolute Gasteiger partial charge is 0.370 e. The highest BCUT2D eigenvalue weighted by Crippen LogP contribution is 2.36. The Morgan fingerprint density at radius 2 is 2.15 bits per heavy atom. The van der Waals surface area contributed by atoms with Crippen molar-refractivity contribution in [1.29, 1.82) is 0 Å². The van der Waals surface area contributed by atoms with E-state index in [2.05, 4.69) is 22.5 Å². The van der Waals surface area contributed by atoms with Gasteiger partial charge in [0.25, 0.3) is 5.91 Å². The number of aromatic nitrogens is 1. The van der Waals surface area contributed by atoms with E-state index in [-0.39, 0.29) is 16.9 Å². The fourth-order valence-corrected chi connectivity index (χ4v) is 2.71. The van der Waals surface area contributed by atoms with Crippen LogP contribution in [-0.2, 0) is 0 Å². The van der Waals surface area contributed by atoms with Crippen molar-refractivity contribution in [3.63, 3.8) is 0 Å². The molecular formula is C15H22FN3O. The molecule has 5 heteroatoms. The van der Waals surface area contributed by atoms with E-state index in [0.29, 0.717) is 18.9 Å². The predicted octanol–water partition coefficient (Wildman–Crippen LogP) is 2.96. The van der Waals surface area contributed by atoms with E-state index < -0.39 is 5.82 Å². The van der Waals surface area contributed by atoms with E-state index in [1.165, 1.54) is 18.9 Å². The van der Waals surface area contributed by atoms with Gasteiger partial charge in [0.2, 0.25) is 0 Å². The predicted molar refractivity (Wildman–Crippen MR) is 77.3 cm³/mol. The molecule has 0 bridgehead atoms. The molecule has 1 aromatic heterocycles. The molecule has 0 atom stereocenters. The van der Waals surface area contributed by atoms with E-state index in [0.717, 1.165) is 19.0 Å². The molecule has 0 radical (unpaired) electrons. The van der Waals surface area contributed by atoms with Crippen molar-refractivity contribution in [3.05, 3.63) is 23.6 Å². The van der Waals surface area contributed by atoms with Crippen LogP contribution >= 0.6 is 0 Å². The van der Waals surface area contributed by atoms with Gasteiger partial charge in [-0.2, -0.15) is 0 Å². The molecular weight excluding hydrogens is 257 g/mol. The molecule has 0 spiro atoms. The summed E-state index contributed by atoms with van der Waals surface area (Å²) < 4.78 is 13.3. The number of amides is 1. The first-order valence-electron chi connectivity index (χ1n) is 7.22. The summed E-state index contributed by atoms with van der Waals surface area (Å²) in [5.41, 5.74) is 0.447. The van der Waals surface area contributed by atoms with Gasteiger partial charge in [0.05, 0.1) is 11.8 Å². The van der Waals surface area contributed by atoms with Crippen molar-refractivity contribution >= 4 is 11.7 Å². The van der Waals surface area contributed by atoms with Crippen molar-refractivity contribution in [2.75, 3.05) is 18.4 Å². The van der Waals surface area contributed by atoms with Crippen molar-refractivity contribution in [1.82, 2.24) is 10.3 Å². The lowest BCUT2D eigenvalue weighted by molar-refractivity contribution is 0.0934. The smallest absolute Gasteiger partial charge is 0.255 e. The Morgan fingerprint density at radius 1 is 1.45 bits per heavy atom. The van der Waals surface area contributed by atoms with E-state index >= 15 is 0 Å². The molecule has 1 aliphatic rings. The second-order valence-electron chi connectivity index (χ2n) is 5.78. The zero-order valence-corrected chi connectivity index (χ0v) is 12.1. The van der Waals surface area contributed by atoms with Gasteiger partial charge in [-0.05, 0) is 31.2 Å². The quantitative estimate of drug-likeness (QED) is 0.871. The Balaban J connectivity index is 2.06. The number of nitrogens with zero attached hydrogens (tertiary/aromatic N) is 1. The van der Waals surface area contributed by atoms with Crippen LogP contribution in [0.1, 0.15) is 49.9 Å². The number of hydrogen-bond donors (Lipinski definition) is 2. The zero-order chi connectivity index (χ0) is 14.6. The number of nitrogens with one attached hydrogen (secondary N) is 2. The van der Waals surface area contributed by atoms with Crippen LogP contribution in [0.15, 0.2) is 12.3 Å². The normalized spacial score (nSPS) is 16.9. The number of halogens is 1. The molecule has 2 N–H and O–H groups in total. The Hall–Kier alpha value is -1.65. The van der Waals surface area contributed by atoms with Crippen LogP contribution in [0.25, 0.3) is 0 Å². The van der Waals surface area contributed by atoms with Gasteiger partial charge in [-0.15, -0.1) is 0 Å². The molecule has 1 aromatic rings. The molecule has 1 heterocycles. The molecule has 20 heavy (non-hydrogen) atoms. The standard InChI is InChI=1S/C15H22FN3O/c1-3-17-13-12(8-11(16)9-18-13)14(20)19-10-15(2)6-4-5-7-15/h8-9H,3-7,10H2,1-2H3,(H,17,18)(H,19,20). The molecule has 0 aliphatic heterocycles. The third-order valence-corrected chi connectivity index (χ3v) is 3.93. The van der Waals surface area contributed by atoms with Crippen LogP contribution in [0, 0.1) is 11.2 Å². The number of carbonyl (C=O) groups is 1. The highest BCUT2D eigenvalue weighted by Gasteiger charge is 2.29. The first kappa shape index (κ1) is 14.8. The SMILES string of the molecule is CCNc1ncc(F)cc1C(=O)NCC1(C)CCCC1. The Bertz CT molecular complexity index is 484. The van der Waals surface area contributed by atoms with Gasteiger partial charge in [0, 0.05) is 13.1 Å². The summed E-state index contributed by atoms with van der Waals surface area (Å²) >= 11 is 0. The van der Waals surface area contributed by atoms with Gasteiger partial charge in [0.15, 0.2) is 0 Å². The molecule has 110 valence electrons. The van der Waals surface area contributed by atoms with Crippen LogP contribution in [0.2, 0.25) is 0 Å². The Labute approximate surface area is 119 Å². The molecule has 1 amide bonds. The van der Waals surface area contributed by atoms with Gasteiger partial charge in [0.1, 0.15) is 11.6 Å². The first-order chi connectivity index (χ1) is 9.54. The second-order valence-corrected chi connectivity index (χ2v) is 5.78. The van der Waals surface area contributed by atoms with Crippen LogP contribution in [0.3, 0.4) is 0 Å². The number of hydrogen-bond acceptors (Lipinski definition) is 3. The topological polar surface area (TPSA) is 54.0 Å². The van der Waals surface area contributed by atoms with Crippen molar-refractivity contribution < 1.29 is 9.18 Å². The van der Waals surface area contributed by atoms with Gasteiger partial charge in [-0.1, -0.05) is 19.8 Å². The second kappa shape index (κ2) is 6.20. The lowest BCUT2D eigenvalue weighted by atomic mass is 9.89. The lowest BCUT2D eigenvalue weighted by Crippen LogP contribution is -2.34. The lowest BCUT2D eigenvalue weighted by Gasteiger charge is -2.23. The van der Waals surface area contributed by atoms with Crippen LogP contribution < -0.4 is 10.6 Å². The maximum Gasteiger partial charge on any atom is 0.255 e. The van der Waals surface area contributed by atoms with Crippen molar-refractivity contribution in [2.45, 2.75) is 39.5 Å². The third-order valence-electron chi connectivity index (χ3n) is 3.93. The van der Waals surface area contributed by atoms with Crippen LogP contribution in [0.4, 0.5) is 10.2 Å². The summed E-state index contributed by atoms with van der Waals surface area (Å²) in [5.74, 6) is -0.326.